The van der Waals surface area contributed by atoms with Crippen molar-refractivity contribution >= 4 is 0 Å². The molecule has 0 aromatic rings. The fourth-order valence-electron chi connectivity index (χ4n) is 2.97. The van der Waals surface area contributed by atoms with Crippen LogP contribution in [0, 0.1) is 11.8 Å². The maximum absolute atomic E-state index is 3.78. The van der Waals surface area contributed by atoms with Crippen molar-refractivity contribution in [2.24, 2.45) is 11.8 Å². The summed E-state index contributed by atoms with van der Waals surface area (Å²) in [6.07, 6.45) is 5.48. The van der Waals surface area contributed by atoms with E-state index in [0.29, 0.717) is 0 Å². The third-order valence-electron chi connectivity index (χ3n) is 4.28. The molecule has 1 N–H and O–H groups in total. The van der Waals surface area contributed by atoms with Crippen LogP contribution in [-0.4, -0.2) is 37.1 Å². The van der Waals surface area contributed by atoms with Gasteiger partial charge in [-0.25, -0.2) is 0 Å². The molecule has 1 rings (SSSR count). The zero-order valence-electron chi connectivity index (χ0n) is 12.3. The lowest BCUT2D eigenvalue weighted by Gasteiger charge is -2.34. The quantitative estimate of drug-likeness (QED) is 0.735. The molecular weight excluding hydrogens is 208 g/mol. The second kappa shape index (κ2) is 8.10. The van der Waals surface area contributed by atoms with E-state index in [1.165, 1.54) is 45.3 Å². The van der Waals surface area contributed by atoms with Crippen molar-refractivity contribution in [3.05, 3.63) is 0 Å². The van der Waals surface area contributed by atoms with Crippen LogP contribution >= 0.6 is 0 Å². The molecular formula is C15H32N2. The molecule has 0 saturated heterocycles. The Morgan fingerprint density at radius 1 is 1.12 bits per heavy atom. The predicted octanol–water partition coefficient (Wildman–Crippen LogP) is 3.13. The van der Waals surface area contributed by atoms with E-state index in [0.717, 1.165) is 24.4 Å². The lowest BCUT2D eigenvalue weighted by molar-refractivity contribution is 0.214. The Labute approximate surface area is 108 Å². The normalized spacial score (nSPS) is 29.8. The van der Waals surface area contributed by atoms with Crippen LogP contribution in [0.15, 0.2) is 0 Å². The van der Waals surface area contributed by atoms with Gasteiger partial charge in [0.05, 0.1) is 0 Å². The molecule has 1 saturated carbocycles. The van der Waals surface area contributed by atoms with Gasteiger partial charge < -0.3 is 10.2 Å². The van der Waals surface area contributed by atoms with E-state index in [9.17, 15) is 0 Å². The van der Waals surface area contributed by atoms with Crippen molar-refractivity contribution in [3.63, 3.8) is 0 Å². The summed E-state index contributed by atoms with van der Waals surface area (Å²) in [5, 5.41) is 3.78. The first kappa shape index (κ1) is 15.0. The Bertz CT molecular complexity index is 193. The van der Waals surface area contributed by atoms with E-state index in [1.54, 1.807) is 0 Å². The lowest BCUT2D eigenvalue weighted by Crippen LogP contribution is -2.43. The van der Waals surface area contributed by atoms with Crippen LogP contribution in [0.3, 0.4) is 0 Å². The number of rotatable bonds is 7. The molecule has 0 bridgehead atoms. The van der Waals surface area contributed by atoms with Crippen molar-refractivity contribution in [1.82, 2.24) is 10.2 Å². The highest BCUT2D eigenvalue weighted by Gasteiger charge is 2.24. The summed E-state index contributed by atoms with van der Waals surface area (Å²) in [6, 6.07) is 0.763. The molecule has 2 nitrogen and oxygen atoms in total. The fourth-order valence-corrected chi connectivity index (χ4v) is 2.97. The molecule has 0 radical (unpaired) electrons. The molecule has 3 atom stereocenters. The molecule has 0 aromatic carbocycles. The van der Waals surface area contributed by atoms with Gasteiger partial charge in [0.15, 0.2) is 0 Å². The highest BCUT2D eigenvalue weighted by molar-refractivity contribution is 4.81. The average Bonchev–Trinajstić information content (AvgIpc) is 2.32. The third kappa shape index (κ3) is 5.39. The van der Waals surface area contributed by atoms with Gasteiger partial charge in [-0.3, -0.25) is 0 Å². The van der Waals surface area contributed by atoms with Gasteiger partial charge in [-0.15, -0.1) is 0 Å². The zero-order chi connectivity index (χ0) is 12.7. The van der Waals surface area contributed by atoms with Gasteiger partial charge in [0, 0.05) is 19.1 Å². The van der Waals surface area contributed by atoms with Gasteiger partial charge in [0.25, 0.3) is 0 Å². The largest absolute Gasteiger partial charge is 0.312 e. The maximum atomic E-state index is 3.78. The second-order valence-electron chi connectivity index (χ2n) is 5.89. The topological polar surface area (TPSA) is 15.3 Å². The summed E-state index contributed by atoms with van der Waals surface area (Å²) in [7, 11) is 0. The fraction of sp³-hybridized carbons (Fsp3) is 1.00. The minimum Gasteiger partial charge on any atom is -0.312 e. The summed E-state index contributed by atoms with van der Waals surface area (Å²) >= 11 is 0. The molecule has 0 spiro atoms. The molecule has 2 heteroatoms. The molecule has 3 unspecified atom stereocenters. The van der Waals surface area contributed by atoms with E-state index < -0.39 is 0 Å². The highest BCUT2D eigenvalue weighted by atomic mass is 15.1. The summed E-state index contributed by atoms with van der Waals surface area (Å²) in [6.45, 7) is 14.1. The minimum absolute atomic E-state index is 0.763. The number of hydrogen-bond acceptors (Lipinski definition) is 2. The summed E-state index contributed by atoms with van der Waals surface area (Å²) in [5.74, 6) is 1.79. The van der Waals surface area contributed by atoms with Crippen LogP contribution in [-0.2, 0) is 0 Å². The van der Waals surface area contributed by atoms with Gasteiger partial charge >= 0.3 is 0 Å². The molecule has 1 aliphatic carbocycles. The van der Waals surface area contributed by atoms with Crippen molar-refractivity contribution in [3.8, 4) is 0 Å². The molecule has 0 aromatic heterocycles. The molecule has 0 amide bonds. The zero-order valence-corrected chi connectivity index (χ0v) is 12.3. The lowest BCUT2D eigenvalue weighted by atomic mass is 9.80. The van der Waals surface area contributed by atoms with Gasteiger partial charge in [-0.05, 0) is 44.2 Å². The van der Waals surface area contributed by atoms with Crippen molar-refractivity contribution in [2.75, 3.05) is 26.2 Å². The standard InChI is InChI=1S/C15H32N2/c1-5-10-17(6-2)11-9-16-15-12-13(3)7-8-14(15)4/h13-16H,5-12H2,1-4H3. The maximum Gasteiger partial charge on any atom is 0.0107 e. The van der Waals surface area contributed by atoms with Crippen molar-refractivity contribution < 1.29 is 0 Å². The summed E-state index contributed by atoms with van der Waals surface area (Å²) in [5.41, 5.74) is 0. The molecule has 0 heterocycles. The van der Waals surface area contributed by atoms with Gasteiger partial charge in [0.1, 0.15) is 0 Å². The first-order chi connectivity index (χ1) is 8.17. The number of nitrogens with zero attached hydrogens (tertiary/aromatic N) is 1. The molecule has 1 fully saturated rings. The number of hydrogen-bond donors (Lipinski definition) is 1. The predicted molar refractivity (Wildman–Crippen MR) is 76.4 cm³/mol. The van der Waals surface area contributed by atoms with Crippen LogP contribution in [0.2, 0.25) is 0 Å². The van der Waals surface area contributed by atoms with Gasteiger partial charge in [-0.2, -0.15) is 0 Å². The summed E-state index contributed by atoms with van der Waals surface area (Å²) < 4.78 is 0. The second-order valence-corrected chi connectivity index (χ2v) is 5.89. The van der Waals surface area contributed by atoms with Crippen LogP contribution in [0.1, 0.15) is 53.4 Å². The highest BCUT2D eigenvalue weighted by Crippen LogP contribution is 2.28. The van der Waals surface area contributed by atoms with Crippen LogP contribution in [0.25, 0.3) is 0 Å². The summed E-state index contributed by atoms with van der Waals surface area (Å²) in [4.78, 5) is 2.55. The molecule has 1 aliphatic rings. The van der Waals surface area contributed by atoms with Gasteiger partial charge in [-0.1, -0.05) is 34.1 Å². The SMILES string of the molecule is CCCN(CC)CCNC1CC(C)CCC1C. The first-order valence-corrected chi connectivity index (χ1v) is 7.63. The Hall–Kier alpha value is -0.0800. The Morgan fingerprint density at radius 2 is 1.88 bits per heavy atom. The Morgan fingerprint density at radius 3 is 2.53 bits per heavy atom. The van der Waals surface area contributed by atoms with Crippen molar-refractivity contribution in [2.45, 2.75) is 59.4 Å². The molecule has 0 aliphatic heterocycles. The van der Waals surface area contributed by atoms with E-state index in [1.807, 2.05) is 0 Å². The molecule has 17 heavy (non-hydrogen) atoms. The average molecular weight is 240 g/mol. The van der Waals surface area contributed by atoms with E-state index in [-0.39, 0.29) is 0 Å². The van der Waals surface area contributed by atoms with Crippen molar-refractivity contribution in [1.29, 1.82) is 0 Å². The Balaban J connectivity index is 2.20. The minimum atomic E-state index is 0.763. The number of likely N-dealkylation sites (N-methyl/N-ethyl adjacent to an activating group) is 1. The van der Waals surface area contributed by atoms with Crippen LogP contribution in [0.5, 0.6) is 0 Å². The van der Waals surface area contributed by atoms with E-state index in [4.69, 9.17) is 0 Å². The molecule has 102 valence electrons. The van der Waals surface area contributed by atoms with Gasteiger partial charge in [0.2, 0.25) is 0 Å². The van der Waals surface area contributed by atoms with E-state index in [2.05, 4.69) is 37.9 Å². The van der Waals surface area contributed by atoms with E-state index >= 15 is 0 Å². The smallest absolute Gasteiger partial charge is 0.0107 e. The van der Waals surface area contributed by atoms with Crippen LogP contribution < -0.4 is 5.32 Å². The van der Waals surface area contributed by atoms with Crippen LogP contribution in [0.4, 0.5) is 0 Å². The Kier molecular flexibility index (Phi) is 7.14. The first-order valence-electron chi connectivity index (χ1n) is 7.63. The monoisotopic (exact) mass is 240 g/mol. The third-order valence-corrected chi connectivity index (χ3v) is 4.28. The number of nitrogens with one attached hydrogen (secondary N) is 1.